The maximum absolute atomic E-state index is 13.0. The first-order chi connectivity index (χ1) is 13.0. The van der Waals surface area contributed by atoms with Crippen LogP contribution in [0.1, 0.15) is 28.3 Å². The van der Waals surface area contributed by atoms with E-state index in [1.807, 2.05) is 25.2 Å². The van der Waals surface area contributed by atoms with Gasteiger partial charge in [0.25, 0.3) is 0 Å². The van der Waals surface area contributed by atoms with E-state index in [-0.39, 0.29) is 17.9 Å². The van der Waals surface area contributed by atoms with Crippen LogP contribution in [0.4, 0.5) is 5.69 Å². The molecule has 0 unspecified atom stereocenters. The van der Waals surface area contributed by atoms with Gasteiger partial charge in [-0.25, -0.2) is 4.79 Å². The van der Waals surface area contributed by atoms with Gasteiger partial charge < -0.3 is 14.8 Å². The lowest BCUT2D eigenvalue weighted by atomic mass is 9.91. The summed E-state index contributed by atoms with van der Waals surface area (Å²) in [5, 5.41) is 2.96. The third kappa shape index (κ3) is 3.95. The van der Waals surface area contributed by atoms with E-state index in [1.54, 1.807) is 18.2 Å². The topological polar surface area (TPSA) is 67.9 Å². The van der Waals surface area contributed by atoms with Crippen molar-refractivity contribution in [2.45, 2.75) is 18.4 Å². The second-order valence-corrected chi connectivity index (χ2v) is 6.63. The van der Waals surface area contributed by atoms with Gasteiger partial charge >= 0.3 is 5.97 Å². The van der Waals surface area contributed by atoms with Gasteiger partial charge in [-0.3, -0.25) is 9.69 Å². The Hall–Kier alpha value is -2.86. The quantitative estimate of drug-likeness (QED) is 0.822. The molecule has 2 atom stereocenters. The van der Waals surface area contributed by atoms with Gasteiger partial charge in [0.15, 0.2) is 0 Å². The molecule has 1 saturated heterocycles. The highest BCUT2D eigenvalue weighted by Crippen LogP contribution is 2.33. The molecule has 0 aliphatic carbocycles. The number of ether oxygens (including phenoxy) is 2. The van der Waals surface area contributed by atoms with Gasteiger partial charge in [0.1, 0.15) is 11.3 Å². The van der Waals surface area contributed by atoms with Crippen LogP contribution in [0.25, 0.3) is 0 Å². The predicted octanol–water partition coefficient (Wildman–Crippen LogP) is 2.91. The Morgan fingerprint density at radius 1 is 1.11 bits per heavy atom. The first-order valence-electron chi connectivity index (χ1n) is 8.87. The second-order valence-electron chi connectivity index (χ2n) is 6.63. The summed E-state index contributed by atoms with van der Waals surface area (Å²) in [7, 11) is 4.76. The molecule has 142 valence electrons. The van der Waals surface area contributed by atoms with E-state index in [0.29, 0.717) is 17.0 Å². The van der Waals surface area contributed by atoms with Crippen molar-refractivity contribution in [1.29, 1.82) is 0 Å². The SMILES string of the molecule is COC(=O)c1ccc(NC(=O)[C@@H]2[C@H](c3ccccc3)CCN2C)cc1OC. The van der Waals surface area contributed by atoms with Crippen LogP contribution in [0.3, 0.4) is 0 Å². The van der Waals surface area contributed by atoms with Crippen molar-refractivity contribution < 1.29 is 19.1 Å². The lowest BCUT2D eigenvalue weighted by Crippen LogP contribution is -2.40. The maximum atomic E-state index is 13.0. The lowest BCUT2D eigenvalue weighted by molar-refractivity contribution is -0.120. The van der Waals surface area contributed by atoms with Crippen molar-refractivity contribution in [1.82, 2.24) is 4.90 Å². The number of likely N-dealkylation sites (tertiary alicyclic amines) is 1. The molecule has 27 heavy (non-hydrogen) atoms. The molecule has 0 aromatic heterocycles. The van der Waals surface area contributed by atoms with Gasteiger partial charge in [0.05, 0.1) is 20.3 Å². The molecule has 1 N–H and O–H groups in total. The van der Waals surface area contributed by atoms with Crippen LogP contribution in [-0.2, 0) is 9.53 Å². The number of amides is 1. The van der Waals surface area contributed by atoms with Crippen molar-refractivity contribution in [3.8, 4) is 5.75 Å². The molecular formula is C21H24N2O4. The Morgan fingerprint density at radius 2 is 1.85 bits per heavy atom. The van der Waals surface area contributed by atoms with Crippen LogP contribution >= 0.6 is 0 Å². The molecule has 1 heterocycles. The van der Waals surface area contributed by atoms with Crippen molar-refractivity contribution in [2.24, 2.45) is 0 Å². The Labute approximate surface area is 159 Å². The fourth-order valence-corrected chi connectivity index (χ4v) is 3.64. The fourth-order valence-electron chi connectivity index (χ4n) is 3.64. The summed E-state index contributed by atoms with van der Waals surface area (Å²) in [6, 6.07) is 14.8. The summed E-state index contributed by atoms with van der Waals surface area (Å²) in [4.78, 5) is 26.9. The number of anilines is 1. The van der Waals surface area contributed by atoms with E-state index in [0.717, 1.165) is 13.0 Å². The van der Waals surface area contributed by atoms with Gasteiger partial charge in [-0.05, 0) is 37.7 Å². The molecule has 1 aliphatic rings. The third-order valence-corrected chi connectivity index (χ3v) is 5.02. The molecule has 0 bridgehead atoms. The molecule has 6 nitrogen and oxygen atoms in total. The zero-order valence-electron chi connectivity index (χ0n) is 15.8. The summed E-state index contributed by atoms with van der Waals surface area (Å²) in [5.41, 5.74) is 2.07. The number of hydrogen-bond donors (Lipinski definition) is 1. The minimum absolute atomic E-state index is 0.0725. The van der Waals surface area contributed by atoms with Gasteiger partial charge in [-0.15, -0.1) is 0 Å². The smallest absolute Gasteiger partial charge is 0.341 e. The second kappa shape index (κ2) is 8.22. The summed E-state index contributed by atoms with van der Waals surface area (Å²) in [6.07, 6.45) is 0.934. The highest BCUT2D eigenvalue weighted by Gasteiger charge is 2.38. The van der Waals surface area contributed by atoms with Crippen LogP contribution in [0.5, 0.6) is 5.75 Å². The van der Waals surface area contributed by atoms with E-state index in [1.165, 1.54) is 19.8 Å². The largest absolute Gasteiger partial charge is 0.496 e. The third-order valence-electron chi connectivity index (χ3n) is 5.02. The Morgan fingerprint density at radius 3 is 2.52 bits per heavy atom. The molecule has 2 aromatic carbocycles. The fraction of sp³-hybridized carbons (Fsp3) is 0.333. The number of methoxy groups -OCH3 is 2. The molecule has 1 fully saturated rings. The Balaban J connectivity index is 1.80. The van der Waals surface area contributed by atoms with Crippen LogP contribution in [0, 0.1) is 0 Å². The minimum atomic E-state index is -0.482. The van der Waals surface area contributed by atoms with Crippen molar-refractivity contribution in [3.63, 3.8) is 0 Å². The minimum Gasteiger partial charge on any atom is -0.496 e. The molecule has 1 aliphatic heterocycles. The summed E-state index contributed by atoms with van der Waals surface area (Å²) >= 11 is 0. The zero-order chi connectivity index (χ0) is 19.4. The van der Waals surface area contributed by atoms with Gasteiger partial charge in [0.2, 0.25) is 5.91 Å². The first-order valence-corrected chi connectivity index (χ1v) is 8.87. The standard InChI is InChI=1S/C21H24N2O4/c1-23-12-11-16(14-7-5-4-6-8-14)19(23)20(24)22-15-9-10-17(21(25)27-3)18(13-15)26-2/h4-10,13,16,19H,11-12H2,1-3H3,(H,22,24)/t16-,19-/m0/s1. The van der Waals surface area contributed by atoms with Crippen molar-refractivity contribution in [3.05, 3.63) is 59.7 Å². The molecule has 1 amide bonds. The summed E-state index contributed by atoms with van der Waals surface area (Å²) in [5.74, 6) is -0.0485. The van der Waals surface area contributed by atoms with E-state index in [9.17, 15) is 9.59 Å². The molecule has 6 heteroatoms. The molecule has 2 aromatic rings. The average molecular weight is 368 g/mol. The predicted molar refractivity (Wildman–Crippen MR) is 103 cm³/mol. The van der Waals surface area contributed by atoms with E-state index in [4.69, 9.17) is 9.47 Å². The highest BCUT2D eigenvalue weighted by molar-refractivity contribution is 5.98. The van der Waals surface area contributed by atoms with Crippen molar-refractivity contribution >= 4 is 17.6 Å². The van der Waals surface area contributed by atoms with Gasteiger partial charge in [-0.1, -0.05) is 30.3 Å². The summed E-state index contributed by atoms with van der Waals surface area (Å²) < 4.78 is 10.0. The van der Waals surface area contributed by atoms with Crippen LogP contribution < -0.4 is 10.1 Å². The number of nitrogens with one attached hydrogen (secondary N) is 1. The summed E-state index contributed by atoms with van der Waals surface area (Å²) in [6.45, 7) is 0.863. The average Bonchev–Trinajstić information content (AvgIpc) is 3.09. The molecule has 3 rings (SSSR count). The zero-order valence-corrected chi connectivity index (χ0v) is 15.8. The number of benzene rings is 2. The van der Waals surface area contributed by atoms with Crippen LogP contribution in [-0.4, -0.2) is 50.6 Å². The van der Waals surface area contributed by atoms with E-state index < -0.39 is 5.97 Å². The number of esters is 1. The first kappa shape index (κ1) is 18.9. The number of rotatable bonds is 5. The van der Waals surface area contributed by atoms with Gasteiger partial charge in [-0.2, -0.15) is 0 Å². The molecular weight excluding hydrogens is 344 g/mol. The van der Waals surface area contributed by atoms with Crippen molar-refractivity contribution in [2.75, 3.05) is 33.1 Å². The van der Waals surface area contributed by atoms with E-state index in [2.05, 4.69) is 22.3 Å². The van der Waals surface area contributed by atoms with Crippen LogP contribution in [0.2, 0.25) is 0 Å². The number of likely N-dealkylation sites (N-methyl/N-ethyl adjacent to an activating group) is 1. The van der Waals surface area contributed by atoms with Gasteiger partial charge in [0, 0.05) is 17.7 Å². The lowest BCUT2D eigenvalue weighted by Gasteiger charge is -2.24. The Kier molecular flexibility index (Phi) is 5.76. The number of carbonyl (C=O) groups is 2. The van der Waals surface area contributed by atoms with Crippen LogP contribution in [0.15, 0.2) is 48.5 Å². The van der Waals surface area contributed by atoms with E-state index >= 15 is 0 Å². The maximum Gasteiger partial charge on any atom is 0.341 e. The molecule has 0 saturated carbocycles. The number of nitrogens with zero attached hydrogens (tertiary/aromatic N) is 1. The highest BCUT2D eigenvalue weighted by atomic mass is 16.5. The molecule has 0 spiro atoms. The number of carbonyl (C=O) groups excluding carboxylic acids is 2. The monoisotopic (exact) mass is 368 g/mol. The Bertz CT molecular complexity index is 822. The number of hydrogen-bond acceptors (Lipinski definition) is 5. The molecule has 0 radical (unpaired) electrons. The normalized spacial score (nSPS) is 19.5.